The largest absolute Gasteiger partial charge is 0.496 e. The van der Waals surface area contributed by atoms with Crippen molar-refractivity contribution < 1.29 is 14.5 Å². The molecule has 2 aromatic carbocycles. The van der Waals surface area contributed by atoms with Crippen molar-refractivity contribution in [1.82, 2.24) is 0 Å². The number of fused-ring (bicyclic) bond motifs is 1. The molecule has 0 atom stereocenters. The highest BCUT2D eigenvalue weighted by Crippen LogP contribution is 2.27. The van der Waals surface area contributed by atoms with E-state index in [9.17, 15) is 14.9 Å². The number of carbonyl (C=O) groups is 1. The minimum absolute atomic E-state index is 0.0276. The smallest absolute Gasteiger partial charge is 0.276 e. The first-order valence-electron chi connectivity index (χ1n) is 6.94. The molecule has 0 bridgehead atoms. The molecule has 24 heavy (non-hydrogen) atoms. The molecule has 0 saturated heterocycles. The standard InChI is InChI=1S/C16H12N4O4/c1-24-14-5-3-2-4-10(14)9-17-19-15-12-8-11(20(22)23)6-7-13(12)18-16(15)21/h2-9H,1H3,(H,18,19,21)/b17-9-. The van der Waals surface area contributed by atoms with Crippen LogP contribution in [0.3, 0.4) is 0 Å². The maximum absolute atomic E-state index is 12.0. The fourth-order valence-electron chi connectivity index (χ4n) is 2.28. The molecule has 1 N–H and O–H groups in total. The third kappa shape index (κ3) is 2.84. The van der Waals surface area contributed by atoms with Crippen LogP contribution in [-0.2, 0) is 4.79 Å². The van der Waals surface area contributed by atoms with Crippen LogP contribution in [0.1, 0.15) is 11.1 Å². The molecule has 0 unspecified atom stereocenters. The highest BCUT2D eigenvalue weighted by atomic mass is 16.6. The highest BCUT2D eigenvalue weighted by molar-refractivity contribution is 6.53. The highest BCUT2D eigenvalue weighted by Gasteiger charge is 2.28. The average Bonchev–Trinajstić information content (AvgIpc) is 2.90. The second-order valence-corrected chi connectivity index (χ2v) is 4.88. The summed E-state index contributed by atoms with van der Waals surface area (Å²) in [4.78, 5) is 22.3. The van der Waals surface area contributed by atoms with Gasteiger partial charge in [0.15, 0.2) is 5.71 Å². The van der Waals surface area contributed by atoms with Gasteiger partial charge < -0.3 is 10.1 Å². The summed E-state index contributed by atoms with van der Waals surface area (Å²) in [6.07, 6.45) is 1.45. The molecular weight excluding hydrogens is 312 g/mol. The molecule has 8 heteroatoms. The first-order chi connectivity index (χ1) is 11.6. The Hall–Kier alpha value is -3.55. The van der Waals surface area contributed by atoms with Gasteiger partial charge in [-0.3, -0.25) is 14.9 Å². The van der Waals surface area contributed by atoms with Gasteiger partial charge in [0.2, 0.25) is 0 Å². The molecule has 1 amide bonds. The number of amides is 1. The second kappa shape index (κ2) is 6.29. The van der Waals surface area contributed by atoms with E-state index in [1.807, 2.05) is 12.1 Å². The van der Waals surface area contributed by atoms with Crippen LogP contribution >= 0.6 is 0 Å². The second-order valence-electron chi connectivity index (χ2n) is 4.88. The lowest BCUT2D eigenvalue weighted by Gasteiger charge is -2.01. The summed E-state index contributed by atoms with van der Waals surface area (Å²) in [7, 11) is 1.54. The zero-order chi connectivity index (χ0) is 17.1. The minimum atomic E-state index is -0.529. The van der Waals surface area contributed by atoms with Crippen molar-refractivity contribution in [2.45, 2.75) is 0 Å². The number of nitrogens with zero attached hydrogens (tertiary/aromatic N) is 3. The number of methoxy groups -OCH3 is 1. The van der Waals surface area contributed by atoms with Gasteiger partial charge in [-0.25, -0.2) is 0 Å². The molecule has 0 spiro atoms. The van der Waals surface area contributed by atoms with E-state index in [2.05, 4.69) is 15.5 Å². The fourth-order valence-corrected chi connectivity index (χ4v) is 2.28. The van der Waals surface area contributed by atoms with Crippen molar-refractivity contribution in [2.24, 2.45) is 10.2 Å². The number of nitro groups is 1. The van der Waals surface area contributed by atoms with Gasteiger partial charge in [-0.2, -0.15) is 5.10 Å². The van der Waals surface area contributed by atoms with Crippen LogP contribution < -0.4 is 10.1 Å². The Bertz CT molecular complexity index is 889. The first kappa shape index (κ1) is 15.3. The first-order valence-corrected chi connectivity index (χ1v) is 6.94. The van der Waals surface area contributed by atoms with Gasteiger partial charge in [-0.05, 0) is 18.2 Å². The molecule has 0 fully saturated rings. The van der Waals surface area contributed by atoms with Crippen LogP contribution in [0.25, 0.3) is 0 Å². The van der Waals surface area contributed by atoms with Crippen molar-refractivity contribution in [1.29, 1.82) is 0 Å². The van der Waals surface area contributed by atoms with Crippen molar-refractivity contribution >= 4 is 29.2 Å². The SMILES string of the molecule is COc1ccccc1/C=N\N=C1/C(=O)Nc2ccc([N+](=O)[O-])cc21. The Morgan fingerprint density at radius 2 is 2.04 bits per heavy atom. The van der Waals surface area contributed by atoms with E-state index in [0.717, 1.165) is 0 Å². The number of rotatable bonds is 4. The van der Waals surface area contributed by atoms with Crippen LogP contribution in [0.4, 0.5) is 11.4 Å². The number of non-ortho nitro benzene ring substituents is 1. The molecule has 0 radical (unpaired) electrons. The molecule has 0 aromatic heterocycles. The van der Waals surface area contributed by atoms with Gasteiger partial charge in [0.25, 0.3) is 11.6 Å². The molecule has 0 saturated carbocycles. The lowest BCUT2D eigenvalue weighted by molar-refractivity contribution is -0.384. The minimum Gasteiger partial charge on any atom is -0.496 e. The number of nitro benzene ring substituents is 1. The number of ether oxygens (including phenoxy) is 1. The predicted molar refractivity (Wildman–Crippen MR) is 88.9 cm³/mol. The van der Waals surface area contributed by atoms with Crippen LogP contribution in [0.2, 0.25) is 0 Å². The van der Waals surface area contributed by atoms with Crippen molar-refractivity contribution in [2.75, 3.05) is 12.4 Å². The Morgan fingerprint density at radius 1 is 1.25 bits per heavy atom. The summed E-state index contributed by atoms with van der Waals surface area (Å²) in [5.41, 5.74) is 1.43. The lowest BCUT2D eigenvalue weighted by atomic mass is 10.1. The van der Waals surface area contributed by atoms with Gasteiger partial charge in [-0.15, -0.1) is 5.10 Å². The van der Waals surface area contributed by atoms with Gasteiger partial charge in [0.05, 0.1) is 23.9 Å². The Balaban J connectivity index is 1.94. The topological polar surface area (TPSA) is 106 Å². The average molecular weight is 324 g/mol. The van der Waals surface area contributed by atoms with Gasteiger partial charge in [0.1, 0.15) is 5.75 Å². The molecule has 3 rings (SSSR count). The Morgan fingerprint density at radius 3 is 2.79 bits per heavy atom. The number of benzene rings is 2. The number of hydrogen-bond donors (Lipinski definition) is 1. The van der Waals surface area contributed by atoms with E-state index in [1.54, 1.807) is 19.2 Å². The number of nitrogens with one attached hydrogen (secondary N) is 1. The molecule has 2 aromatic rings. The van der Waals surface area contributed by atoms with Crippen LogP contribution in [0.15, 0.2) is 52.7 Å². The maximum atomic E-state index is 12.0. The van der Waals surface area contributed by atoms with Crippen LogP contribution in [0, 0.1) is 10.1 Å². The molecule has 0 aliphatic carbocycles. The number of carbonyl (C=O) groups excluding carboxylic acids is 1. The maximum Gasteiger partial charge on any atom is 0.276 e. The molecular formula is C16H12N4O4. The van der Waals surface area contributed by atoms with E-state index >= 15 is 0 Å². The van der Waals surface area contributed by atoms with Gasteiger partial charge >= 0.3 is 0 Å². The summed E-state index contributed by atoms with van der Waals surface area (Å²) >= 11 is 0. The summed E-state index contributed by atoms with van der Waals surface area (Å²) < 4.78 is 5.19. The van der Waals surface area contributed by atoms with E-state index in [1.165, 1.54) is 24.4 Å². The molecule has 120 valence electrons. The third-order valence-electron chi connectivity index (χ3n) is 3.43. The van der Waals surface area contributed by atoms with Crippen LogP contribution in [0.5, 0.6) is 5.75 Å². The molecule has 8 nitrogen and oxygen atoms in total. The van der Waals surface area contributed by atoms with Gasteiger partial charge in [-0.1, -0.05) is 12.1 Å². The summed E-state index contributed by atoms with van der Waals surface area (Å²) in [6.45, 7) is 0. The molecule has 1 aliphatic rings. The monoisotopic (exact) mass is 324 g/mol. The third-order valence-corrected chi connectivity index (χ3v) is 3.43. The van der Waals surface area contributed by atoms with E-state index in [-0.39, 0.29) is 11.4 Å². The van der Waals surface area contributed by atoms with Crippen molar-refractivity contribution in [3.05, 3.63) is 63.7 Å². The number of para-hydroxylation sites is 1. The number of hydrogen-bond acceptors (Lipinski definition) is 6. The number of anilines is 1. The summed E-state index contributed by atoms with van der Waals surface area (Å²) in [5, 5.41) is 21.3. The summed E-state index contributed by atoms with van der Waals surface area (Å²) in [5.74, 6) is 0.163. The van der Waals surface area contributed by atoms with Gasteiger partial charge in [0, 0.05) is 23.3 Å². The fraction of sp³-hybridized carbons (Fsp3) is 0.0625. The van der Waals surface area contributed by atoms with E-state index in [4.69, 9.17) is 4.74 Å². The summed E-state index contributed by atoms with van der Waals surface area (Å²) in [6, 6.07) is 11.3. The van der Waals surface area contributed by atoms with Crippen LogP contribution in [-0.4, -0.2) is 29.9 Å². The zero-order valence-corrected chi connectivity index (χ0v) is 12.6. The normalized spacial score (nSPS) is 14.7. The zero-order valence-electron chi connectivity index (χ0n) is 12.6. The predicted octanol–water partition coefficient (Wildman–Crippen LogP) is 2.38. The quantitative estimate of drug-likeness (QED) is 0.529. The Kier molecular flexibility index (Phi) is 4.02. The van der Waals surface area contributed by atoms with E-state index in [0.29, 0.717) is 22.6 Å². The van der Waals surface area contributed by atoms with Crippen molar-refractivity contribution in [3.63, 3.8) is 0 Å². The van der Waals surface area contributed by atoms with E-state index < -0.39 is 10.8 Å². The molecule has 1 heterocycles. The van der Waals surface area contributed by atoms with Crippen molar-refractivity contribution in [3.8, 4) is 5.75 Å². The lowest BCUT2D eigenvalue weighted by Crippen LogP contribution is -2.13. The Labute approximate surface area is 136 Å². The molecule has 1 aliphatic heterocycles.